The summed E-state index contributed by atoms with van der Waals surface area (Å²) < 4.78 is 28.7. The van der Waals surface area contributed by atoms with Crippen LogP contribution in [-0.2, 0) is 28.3 Å². The molecule has 0 saturated heterocycles. The SMILES string of the molecule is CCN(CC)S(=O)(=O)c1ccc2c(c1)nc(CCC(=O)NCCNC)n2C. The van der Waals surface area contributed by atoms with Gasteiger partial charge < -0.3 is 15.2 Å². The van der Waals surface area contributed by atoms with Crippen LogP contribution in [0.25, 0.3) is 11.0 Å². The lowest BCUT2D eigenvalue weighted by Crippen LogP contribution is -2.30. The molecule has 0 unspecified atom stereocenters. The number of imidazole rings is 1. The van der Waals surface area contributed by atoms with Gasteiger partial charge in [0.15, 0.2) is 0 Å². The summed E-state index contributed by atoms with van der Waals surface area (Å²) in [6, 6.07) is 5.00. The van der Waals surface area contributed by atoms with Gasteiger partial charge in [0.05, 0.1) is 15.9 Å². The molecule has 0 saturated carbocycles. The summed E-state index contributed by atoms with van der Waals surface area (Å²) in [7, 11) is 0.190. The van der Waals surface area contributed by atoms with E-state index in [4.69, 9.17) is 0 Å². The maximum absolute atomic E-state index is 12.7. The molecule has 2 rings (SSSR count). The molecule has 0 atom stereocenters. The van der Waals surface area contributed by atoms with Crippen LogP contribution in [-0.4, -0.2) is 61.4 Å². The van der Waals surface area contributed by atoms with Crippen LogP contribution in [0.1, 0.15) is 26.1 Å². The molecule has 1 aromatic heterocycles. The number of nitrogens with one attached hydrogen (secondary N) is 2. The molecular weight excluding hydrogens is 366 g/mol. The first-order valence-electron chi connectivity index (χ1n) is 9.21. The van der Waals surface area contributed by atoms with E-state index < -0.39 is 10.0 Å². The molecule has 0 radical (unpaired) electrons. The molecule has 8 nitrogen and oxygen atoms in total. The van der Waals surface area contributed by atoms with E-state index in [1.807, 2.05) is 32.5 Å². The zero-order valence-electron chi connectivity index (χ0n) is 16.4. The molecule has 1 heterocycles. The van der Waals surface area contributed by atoms with Crippen LogP contribution in [0.5, 0.6) is 0 Å². The number of fused-ring (bicyclic) bond motifs is 1. The van der Waals surface area contributed by atoms with Crippen molar-refractivity contribution in [3.8, 4) is 0 Å². The molecule has 27 heavy (non-hydrogen) atoms. The number of benzene rings is 1. The van der Waals surface area contributed by atoms with E-state index >= 15 is 0 Å². The summed E-state index contributed by atoms with van der Waals surface area (Å²) in [5.74, 6) is 0.730. The normalized spacial score (nSPS) is 12.0. The van der Waals surface area contributed by atoms with Crippen LogP contribution in [0.4, 0.5) is 0 Å². The Morgan fingerprint density at radius 3 is 2.56 bits per heavy atom. The van der Waals surface area contributed by atoms with Gasteiger partial charge in [0.25, 0.3) is 0 Å². The molecule has 0 bridgehead atoms. The number of aryl methyl sites for hydroxylation is 2. The van der Waals surface area contributed by atoms with Crippen molar-refractivity contribution >= 4 is 27.0 Å². The van der Waals surface area contributed by atoms with Crippen molar-refractivity contribution in [2.45, 2.75) is 31.6 Å². The van der Waals surface area contributed by atoms with Crippen LogP contribution in [0.2, 0.25) is 0 Å². The molecule has 9 heteroatoms. The highest BCUT2D eigenvalue weighted by Crippen LogP contribution is 2.22. The molecule has 2 aromatic rings. The Bertz CT molecular complexity index is 888. The first-order valence-corrected chi connectivity index (χ1v) is 10.7. The average Bonchev–Trinajstić information content (AvgIpc) is 2.96. The van der Waals surface area contributed by atoms with Crippen molar-refractivity contribution in [1.82, 2.24) is 24.5 Å². The van der Waals surface area contributed by atoms with Gasteiger partial charge in [-0.1, -0.05) is 13.8 Å². The summed E-state index contributed by atoms with van der Waals surface area (Å²) in [6.07, 6.45) is 0.834. The fourth-order valence-corrected chi connectivity index (χ4v) is 4.45. The molecule has 1 amide bonds. The molecule has 0 spiro atoms. The molecule has 0 aliphatic rings. The van der Waals surface area contributed by atoms with Gasteiger partial charge in [0, 0.05) is 46.1 Å². The Kier molecular flexibility index (Phi) is 7.34. The van der Waals surface area contributed by atoms with Gasteiger partial charge in [0.1, 0.15) is 5.82 Å². The van der Waals surface area contributed by atoms with Crippen molar-refractivity contribution in [3.05, 3.63) is 24.0 Å². The van der Waals surface area contributed by atoms with Crippen molar-refractivity contribution in [1.29, 1.82) is 0 Å². The predicted molar refractivity (Wildman–Crippen MR) is 106 cm³/mol. The number of hydrogen-bond donors (Lipinski definition) is 2. The van der Waals surface area contributed by atoms with E-state index in [0.717, 1.165) is 17.9 Å². The molecule has 0 aliphatic heterocycles. The Hall–Kier alpha value is -1.97. The van der Waals surface area contributed by atoms with E-state index in [2.05, 4.69) is 15.6 Å². The van der Waals surface area contributed by atoms with Gasteiger partial charge in [-0.2, -0.15) is 4.31 Å². The molecule has 150 valence electrons. The van der Waals surface area contributed by atoms with Gasteiger partial charge in [-0.15, -0.1) is 0 Å². The summed E-state index contributed by atoms with van der Waals surface area (Å²) >= 11 is 0. The van der Waals surface area contributed by atoms with Crippen LogP contribution < -0.4 is 10.6 Å². The molecular formula is C18H29N5O3S. The summed E-state index contributed by atoms with van der Waals surface area (Å²) in [5.41, 5.74) is 1.47. The molecule has 1 aromatic carbocycles. The van der Waals surface area contributed by atoms with Crippen molar-refractivity contribution < 1.29 is 13.2 Å². The number of carbonyl (C=O) groups excluding carboxylic acids is 1. The summed E-state index contributed by atoms with van der Waals surface area (Å²) in [5, 5.41) is 5.81. The average molecular weight is 396 g/mol. The lowest BCUT2D eigenvalue weighted by Gasteiger charge is -2.18. The van der Waals surface area contributed by atoms with Gasteiger partial charge >= 0.3 is 0 Å². The third-order valence-corrected chi connectivity index (χ3v) is 6.61. The monoisotopic (exact) mass is 395 g/mol. The van der Waals surface area contributed by atoms with Gasteiger partial charge in [-0.25, -0.2) is 13.4 Å². The maximum Gasteiger partial charge on any atom is 0.243 e. The van der Waals surface area contributed by atoms with Crippen molar-refractivity contribution in [3.63, 3.8) is 0 Å². The summed E-state index contributed by atoms with van der Waals surface area (Å²) in [4.78, 5) is 16.7. The number of hydrogen-bond acceptors (Lipinski definition) is 5. The van der Waals surface area contributed by atoms with Crippen molar-refractivity contribution in [2.75, 3.05) is 33.2 Å². The van der Waals surface area contributed by atoms with E-state index in [9.17, 15) is 13.2 Å². The second-order valence-corrected chi connectivity index (χ2v) is 8.22. The second-order valence-electron chi connectivity index (χ2n) is 6.28. The Morgan fingerprint density at radius 2 is 1.93 bits per heavy atom. The number of rotatable bonds is 10. The smallest absolute Gasteiger partial charge is 0.243 e. The number of amides is 1. The molecule has 0 fully saturated rings. The number of likely N-dealkylation sites (N-methyl/N-ethyl adjacent to an activating group) is 1. The Labute approximate surface area is 161 Å². The van der Waals surface area contributed by atoms with E-state index in [1.54, 1.807) is 18.2 Å². The van der Waals surface area contributed by atoms with Crippen LogP contribution in [0.3, 0.4) is 0 Å². The van der Waals surface area contributed by atoms with E-state index in [0.29, 0.717) is 38.0 Å². The van der Waals surface area contributed by atoms with Gasteiger partial charge in [0.2, 0.25) is 15.9 Å². The van der Waals surface area contributed by atoms with Crippen LogP contribution >= 0.6 is 0 Å². The third kappa shape index (κ3) is 4.85. The minimum Gasteiger partial charge on any atom is -0.355 e. The minimum atomic E-state index is -3.52. The first-order chi connectivity index (χ1) is 12.8. The highest BCUT2D eigenvalue weighted by Gasteiger charge is 2.22. The number of nitrogens with zero attached hydrogens (tertiary/aromatic N) is 3. The standard InChI is InChI=1S/C18H29N5O3S/c1-5-23(6-2)27(25,26)14-7-8-16-15(13-14)21-17(22(16)4)9-10-18(24)20-12-11-19-3/h7-8,13,19H,5-6,9-12H2,1-4H3,(H,20,24). The zero-order chi connectivity index (χ0) is 20.0. The number of aromatic nitrogens is 2. The fourth-order valence-electron chi connectivity index (χ4n) is 2.97. The second kappa shape index (κ2) is 9.29. The molecule has 2 N–H and O–H groups in total. The van der Waals surface area contributed by atoms with Gasteiger partial charge in [-0.05, 0) is 25.2 Å². The lowest BCUT2D eigenvalue weighted by atomic mass is 10.3. The van der Waals surface area contributed by atoms with Gasteiger partial charge in [-0.3, -0.25) is 4.79 Å². The fraction of sp³-hybridized carbons (Fsp3) is 0.556. The Balaban J connectivity index is 2.20. The van der Waals surface area contributed by atoms with Crippen molar-refractivity contribution in [2.24, 2.45) is 7.05 Å². The zero-order valence-corrected chi connectivity index (χ0v) is 17.3. The highest BCUT2D eigenvalue weighted by molar-refractivity contribution is 7.89. The third-order valence-electron chi connectivity index (χ3n) is 4.56. The number of sulfonamides is 1. The number of carbonyl (C=O) groups is 1. The Morgan fingerprint density at radius 1 is 1.22 bits per heavy atom. The van der Waals surface area contributed by atoms with Crippen LogP contribution in [0, 0.1) is 0 Å². The van der Waals surface area contributed by atoms with E-state index in [-0.39, 0.29) is 10.8 Å². The summed E-state index contributed by atoms with van der Waals surface area (Å²) in [6.45, 7) is 5.80. The van der Waals surface area contributed by atoms with Crippen LogP contribution in [0.15, 0.2) is 23.1 Å². The highest BCUT2D eigenvalue weighted by atomic mass is 32.2. The predicted octanol–water partition coefficient (Wildman–Crippen LogP) is 0.872. The van der Waals surface area contributed by atoms with E-state index in [1.165, 1.54) is 4.31 Å². The largest absolute Gasteiger partial charge is 0.355 e. The minimum absolute atomic E-state index is 0.0258. The quantitative estimate of drug-likeness (QED) is 0.582. The molecule has 0 aliphatic carbocycles. The topological polar surface area (TPSA) is 96.3 Å². The maximum atomic E-state index is 12.7. The first kappa shape index (κ1) is 21.3. The lowest BCUT2D eigenvalue weighted by molar-refractivity contribution is -0.121.